The van der Waals surface area contributed by atoms with Gasteiger partial charge in [0.1, 0.15) is 6.04 Å². The lowest BCUT2D eigenvalue weighted by molar-refractivity contribution is -0.136. The number of imide groups is 1. The number of thioether (sulfide) groups is 1. The van der Waals surface area contributed by atoms with Crippen LogP contribution in [0.3, 0.4) is 0 Å². The average Bonchev–Trinajstić information content (AvgIpc) is 3.23. The molecule has 1 aromatic carbocycles. The third-order valence-electron chi connectivity index (χ3n) is 9.51. The second kappa shape index (κ2) is 9.49. The van der Waals surface area contributed by atoms with Crippen LogP contribution in [0.2, 0.25) is 0 Å². The molecule has 2 aliphatic heterocycles. The first-order valence-electron chi connectivity index (χ1n) is 14.0. The summed E-state index contributed by atoms with van der Waals surface area (Å²) in [5.74, 6) is 2.76. The van der Waals surface area contributed by atoms with Crippen LogP contribution in [-0.2, 0) is 28.4 Å². The SMILES string of the molecule is O=C1CCC(N2Cc3c(SCc4ccc(CNC56CC7CC(CC(C7)C5)C6)cn4)cccc3C2=O)C(=O)N1. The minimum Gasteiger partial charge on any atom is -0.322 e. The normalized spacial score (nSPS) is 31.6. The van der Waals surface area contributed by atoms with Gasteiger partial charge in [-0.3, -0.25) is 24.7 Å². The van der Waals surface area contributed by atoms with E-state index in [1.165, 1.54) is 44.1 Å². The Kier molecular flexibility index (Phi) is 6.08. The largest absolute Gasteiger partial charge is 0.322 e. The van der Waals surface area contributed by atoms with Gasteiger partial charge in [-0.1, -0.05) is 12.1 Å². The highest BCUT2D eigenvalue weighted by Gasteiger charge is 2.50. The average molecular weight is 531 g/mol. The van der Waals surface area contributed by atoms with Crippen LogP contribution in [0.15, 0.2) is 41.4 Å². The highest BCUT2D eigenvalue weighted by Crippen LogP contribution is 2.55. The van der Waals surface area contributed by atoms with Crippen molar-refractivity contribution in [3.63, 3.8) is 0 Å². The van der Waals surface area contributed by atoms with E-state index in [0.29, 0.717) is 29.8 Å². The van der Waals surface area contributed by atoms with Gasteiger partial charge in [-0.05, 0) is 92.0 Å². The molecular formula is C30H34N4O3S. The lowest BCUT2D eigenvalue weighted by atomic mass is 9.53. The predicted octanol–water partition coefficient (Wildman–Crippen LogP) is 4.19. The summed E-state index contributed by atoms with van der Waals surface area (Å²) in [6.07, 6.45) is 11.1. The highest BCUT2D eigenvalue weighted by atomic mass is 32.2. The van der Waals surface area contributed by atoms with Gasteiger partial charge >= 0.3 is 0 Å². The van der Waals surface area contributed by atoms with Crippen molar-refractivity contribution in [3.8, 4) is 0 Å². The Morgan fingerprint density at radius 1 is 1.03 bits per heavy atom. The molecule has 3 amide bonds. The summed E-state index contributed by atoms with van der Waals surface area (Å²) in [4.78, 5) is 44.4. The molecule has 38 heavy (non-hydrogen) atoms. The number of nitrogens with zero attached hydrogens (tertiary/aromatic N) is 2. The Morgan fingerprint density at radius 2 is 1.79 bits per heavy atom. The molecule has 1 aromatic heterocycles. The Hall–Kier alpha value is -2.71. The van der Waals surface area contributed by atoms with E-state index < -0.39 is 6.04 Å². The van der Waals surface area contributed by atoms with Gasteiger partial charge in [-0.25, -0.2) is 0 Å². The fourth-order valence-corrected chi connectivity index (χ4v) is 9.10. The molecule has 2 N–H and O–H groups in total. The molecule has 2 aromatic rings. The van der Waals surface area contributed by atoms with Crippen molar-refractivity contribution in [1.29, 1.82) is 0 Å². The first-order valence-corrected chi connectivity index (χ1v) is 15.0. The maximum Gasteiger partial charge on any atom is 0.255 e. The maximum absolute atomic E-state index is 13.1. The van der Waals surface area contributed by atoms with E-state index in [1.54, 1.807) is 16.7 Å². The van der Waals surface area contributed by atoms with Crippen molar-refractivity contribution < 1.29 is 14.4 Å². The molecular weight excluding hydrogens is 496 g/mol. The fraction of sp³-hybridized carbons (Fsp3) is 0.533. The minimum atomic E-state index is -0.591. The number of piperidine rings is 1. The van der Waals surface area contributed by atoms with Crippen LogP contribution in [0.5, 0.6) is 0 Å². The van der Waals surface area contributed by atoms with Gasteiger partial charge in [0.25, 0.3) is 5.91 Å². The smallest absolute Gasteiger partial charge is 0.255 e. The second-order valence-electron chi connectivity index (χ2n) is 12.2. The number of aromatic nitrogens is 1. The Morgan fingerprint density at radius 3 is 2.47 bits per heavy atom. The molecule has 0 radical (unpaired) electrons. The Labute approximate surface area is 227 Å². The van der Waals surface area contributed by atoms with Crippen LogP contribution >= 0.6 is 11.8 Å². The summed E-state index contributed by atoms with van der Waals surface area (Å²) in [6, 6.07) is 9.49. The molecule has 3 heterocycles. The van der Waals surface area contributed by atoms with Gasteiger partial charge < -0.3 is 10.2 Å². The molecule has 4 bridgehead atoms. The molecule has 8 rings (SSSR count). The highest BCUT2D eigenvalue weighted by molar-refractivity contribution is 7.98. The van der Waals surface area contributed by atoms with Crippen LogP contribution in [0, 0.1) is 17.8 Å². The van der Waals surface area contributed by atoms with E-state index in [-0.39, 0.29) is 24.1 Å². The van der Waals surface area contributed by atoms with Gasteiger partial charge in [-0.15, -0.1) is 11.8 Å². The van der Waals surface area contributed by atoms with Crippen molar-refractivity contribution in [2.45, 2.75) is 86.7 Å². The van der Waals surface area contributed by atoms with E-state index in [2.05, 4.69) is 22.8 Å². The van der Waals surface area contributed by atoms with E-state index in [4.69, 9.17) is 4.98 Å². The summed E-state index contributed by atoms with van der Waals surface area (Å²) < 4.78 is 0. The van der Waals surface area contributed by atoms with E-state index in [1.807, 2.05) is 24.4 Å². The van der Waals surface area contributed by atoms with Crippen molar-refractivity contribution >= 4 is 29.5 Å². The molecule has 7 nitrogen and oxygen atoms in total. The number of hydrogen-bond acceptors (Lipinski definition) is 6. The monoisotopic (exact) mass is 530 g/mol. The van der Waals surface area contributed by atoms with E-state index in [9.17, 15) is 14.4 Å². The summed E-state index contributed by atoms with van der Waals surface area (Å²) >= 11 is 1.68. The lowest BCUT2D eigenvalue weighted by Crippen LogP contribution is -2.58. The van der Waals surface area contributed by atoms with Gasteiger partial charge in [-0.2, -0.15) is 0 Å². The molecule has 1 saturated heterocycles. The molecule has 4 saturated carbocycles. The van der Waals surface area contributed by atoms with Gasteiger partial charge in [0.2, 0.25) is 11.8 Å². The molecule has 198 valence electrons. The predicted molar refractivity (Wildman–Crippen MR) is 144 cm³/mol. The van der Waals surface area contributed by atoms with Crippen molar-refractivity contribution in [3.05, 3.63) is 58.9 Å². The first-order chi connectivity index (χ1) is 18.4. The molecule has 1 unspecified atom stereocenters. The number of carbonyl (C=O) groups excluding carboxylic acids is 3. The molecule has 4 aliphatic carbocycles. The number of carbonyl (C=O) groups is 3. The number of rotatable bonds is 7. The summed E-state index contributed by atoms with van der Waals surface area (Å²) in [7, 11) is 0. The minimum absolute atomic E-state index is 0.133. The third kappa shape index (κ3) is 4.45. The zero-order valence-corrected chi connectivity index (χ0v) is 22.4. The second-order valence-corrected chi connectivity index (χ2v) is 13.2. The zero-order valence-electron chi connectivity index (χ0n) is 21.6. The van der Waals surface area contributed by atoms with E-state index in [0.717, 1.165) is 40.5 Å². The third-order valence-corrected chi connectivity index (χ3v) is 10.6. The standard InChI is InChI=1S/C30H34N4O3S/c35-27-7-6-25(28(36)33-27)34-16-24-23(29(34)37)2-1-3-26(24)38-17-22-5-4-18(14-31-22)15-32-30-11-19-8-20(12-30)10-21(9-19)13-30/h1-5,14,19-21,25,32H,6-13,15-17H2,(H,33,35,36). The zero-order chi connectivity index (χ0) is 25.9. The number of benzene rings is 1. The molecule has 8 heteroatoms. The van der Waals surface area contributed by atoms with Crippen molar-refractivity contribution in [2.75, 3.05) is 0 Å². The van der Waals surface area contributed by atoms with E-state index >= 15 is 0 Å². The summed E-state index contributed by atoms with van der Waals surface area (Å²) in [5, 5.41) is 6.33. The number of fused-ring (bicyclic) bond motifs is 1. The van der Waals surface area contributed by atoms with Crippen LogP contribution in [0.1, 0.15) is 78.5 Å². The lowest BCUT2D eigenvalue weighted by Gasteiger charge is -2.57. The van der Waals surface area contributed by atoms with Gasteiger partial charge in [0.15, 0.2) is 0 Å². The fourth-order valence-electron chi connectivity index (χ4n) is 8.11. The van der Waals surface area contributed by atoms with Crippen molar-refractivity contribution in [2.24, 2.45) is 17.8 Å². The van der Waals surface area contributed by atoms with Crippen molar-refractivity contribution in [1.82, 2.24) is 20.5 Å². The van der Waals surface area contributed by atoms with Gasteiger partial charge in [0.05, 0.1) is 5.69 Å². The topological polar surface area (TPSA) is 91.4 Å². The molecule has 6 aliphatic rings. The van der Waals surface area contributed by atoms with Crippen LogP contribution in [-0.4, -0.2) is 39.2 Å². The van der Waals surface area contributed by atoms with Crippen LogP contribution in [0.25, 0.3) is 0 Å². The number of nitrogens with one attached hydrogen (secondary N) is 2. The summed E-state index contributed by atoms with van der Waals surface area (Å²) in [6.45, 7) is 1.28. The Bertz CT molecular complexity index is 1260. The molecule has 0 spiro atoms. The summed E-state index contributed by atoms with van der Waals surface area (Å²) in [5.41, 5.74) is 4.22. The maximum atomic E-state index is 13.1. The quantitative estimate of drug-likeness (QED) is 0.412. The molecule has 1 atom stereocenters. The first kappa shape index (κ1) is 24.3. The van der Waals surface area contributed by atoms with Crippen LogP contribution < -0.4 is 10.6 Å². The number of amides is 3. The number of hydrogen-bond donors (Lipinski definition) is 2. The van der Waals surface area contributed by atoms with Crippen LogP contribution in [0.4, 0.5) is 0 Å². The molecule has 5 fully saturated rings. The Balaban J connectivity index is 0.973. The van der Waals surface area contributed by atoms with Gasteiger partial charge in [0, 0.05) is 47.5 Å². The number of pyridine rings is 1.